The molecule has 0 spiro atoms. The highest BCUT2D eigenvalue weighted by Crippen LogP contribution is 2.07. The molecular formula is C6H9FN2. The van der Waals surface area contributed by atoms with Crippen molar-refractivity contribution in [3.8, 4) is 0 Å². The lowest BCUT2D eigenvalue weighted by atomic mass is 10.3. The first-order valence-electron chi connectivity index (χ1n) is 2.78. The molecule has 0 aromatic rings. The van der Waals surface area contributed by atoms with Crippen molar-refractivity contribution < 1.29 is 4.39 Å². The zero-order valence-electron chi connectivity index (χ0n) is 5.50. The molecule has 0 aliphatic carbocycles. The lowest BCUT2D eigenvalue weighted by Crippen LogP contribution is -2.23. The predicted molar refractivity (Wildman–Crippen MR) is 34.9 cm³/mol. The summed E-state index contributed by atoms with van der Waals surface area (Å²) in [6, 6.07) is 0. The van der Waals surface area contributed by atoms with E-state index >= 15 is 0 Å². The average molecular weight is 128 g/mol. The van der Waals surface area contributed by atoms with Gasteiger partial charge in [0, 0.05) is 19.5 Å². The Morgan fingerprint density at radius 3 is 2.89 bits per heavy atom. The van der Waals surface area contributed by atoms with Crippen molar-refractivity contribution in [1.29, 1.82) is 0 Å². The van der Waals surface area contributed by atoms with Gasteiger partial charge in [-0.25, -0.2) is 4.99 Å². The molecule has 0 N–H and O–H groups in total. The molecule has 3 heteroatoms. The number of alkyl halides is 1. The topological polar surface area (TPSA) is 15.6 Å². The van der Waals surface area contributed by atoms with Crippen molar-refractivity contribution in [2.24, 2.45) is 4.99 Å². The van der Waals surface area contributed by atoms with Gasteiger partial charge in [-0.1, -0.05) is 0 Å². The molecule has 0 fully saturated rings. The second kappa shape index (κ2) is 2.17. The first kappa shape index (κ1) is 6.26. The predicted octanol–water partition coefficient (Wildman–Crippen LogP) is 1.16. The van der Waals surface area contributed by atoms with Gasteiger partial charge in [0.05, 0.1) is 0 Å². The van der Waals surface area contributed by atoms with Gasteiger partial charge in [-0.05, 0) is 12.5 Å². The summed E-state index contributed by atoms with van der Waals surface area (Å²) in [4.78, 5) is 4.98. The van der Waals surface area contributed by atoms with Gasteiger partial charge in [-0.2, -0.15) is 4.39 Å². The molecule has 1 atom stereocenters. The summed E-state index contributed by atoms with van der Waals surface area (Å²) in [6.07, 6.45) is 2.07. The van der Waals surface area contributed by atoms with Gasteiger partial charge in [0.25, 0.3) is 6.42 Å². The molecule has 1 aliphatic rings. The van der Waals surface area contributed by atoms with Gasteiger partial charge in [-0.3, -0.25) is 0 Å². The Balaban J connectivity index is 2.70. The standard InChI is InChI=1S/C6H9FN2/c1-5-3-8-6(7)9(2)4-5/h3-4,6H,1-2H3. The zero-order chi connectivity index (χ0) is 6.85. The number of halogens is 1. The highest BCUT2D eigenvalue weighted by molar-refractivity contribution is 5.78. The van der Waals surface area contributed by atoms with Crippen molar-refractivity contribution in [2.75, 3.05) is 7.05 Å². The fourth-order valence-corrected chi connectivity index (χ4v) is 0.700. The number of nitrogens with zero attached hydrogens (tertiary/aromatic N) is 2. The van der Waals surface area contributed by atoms with E-state index in [9.17, 15) is 4.39 Å². The Hall–Kier alpha value is -0.860. The minimum absolute atomic E-state index is 0.978. The maximum atomic E-state index is 12.4. The molecule has 0 radical (unpaired) electrons. The SMILES string of the molecule is CC1=CN(C)C(F)N=C1. The first-order chi connectivity index (χ1) is 4.20. The molecule has 0 amide bonds. The molecule has 1 heterocycles. The van der Waals surface area contributed by atoms with Crippen molar-refractivity contribution >= 4 is 6.21 Å². The summed E-state index contributed by atoms with van der Waals surface area (Å²) >= 11 is 0. The Morgan fingerprint density at radius 2 is 2.44 bits per heavy atom. The van der Waals surface area contributed by atoms with E-state index in [0.29, 0.717) is 0 Å². The van der Waals surface area contributed by atoms with E-state index in [2.05, 4.69) is 4.99 Å². The summed E-state index contributed by atoms with van der Waals surface area (Å²) < 4.78 is 12.4. The molecule has 50 valence electrons. The molecule has 1 aliphatic heterocycles. The van der Waals surface area contributed by atoms with Gasteiger partial charge in [0.15, 0.2) is 0 Å². The molecule has 0 aromatic carbocycles. The second-order valence-corrected chi connectivity index (χ2v) is 2.13. The van der Waals surface area contributed by atoms with E-state index in [-0.39, 0.29) is 0 Å². The quantitative estimate of drug-likeness (QED) is 0.447. The van der Waals surface area contributed by atoms with Crippen molar-refractivity contribution in [3.63, 3.8) is 0 Å². The first-order valence-corrected chi connectivity index (χ1v) is 2.78. The number of hydrogen-bond donors (Lipinski definition) is 0. The smallest absolute Gasteiger partial charge is 0.266 e. The molecule has 0 aromatic heterocycles. The number of allylic oxidation sites excluding steroid dienone is 1. The van der Waals surface area contributed by atoms with Crippen LogP contribution in [0.1, 0.15) is 6.92 Å². The minimum atomic E-state index is -1.19. The van der Waals surface area contributed by atoms with Crippen LogP contribution < -0.4 is 0 Å². The lowest BCUT2D eigenvalue weighted by Gasteiger charge is -2.19. The van der Waals surface area contributed by atoms with Crippen LogP contribution in [0.4, 0.5) is 4.39 Å². The van der Waals surface area contributed by atoms with Crippen LogP contribution in [0.15, 0.2) is 16.8 Å². The summed E-state index contributed by atoms with van der Waals surface area (Å²) in [5.74, 6) is 0. The fraction of sp³-hybridized carbons (Fsp3) is 0.500. The Kier molecular flexibility index (Phi) is 1.51. The van der Waals surface area contributed by atoms with Crippen LogP contribution in [0.2, 0.25) is 0 Å². The van der Waals surface area contributed by atoms with Gasteiger partial charge in [-0.15, -0.1) is 0 Å². The van der Waals surface area contributed by atoms with Crippen LogP contribution in [-0.4, -0.2) is 24.6 Å². The second-order valence-electron chi connectivity index (χ2n) is 2.13. The minimum Gasteiger partial charge on any atom is -0.333 e. The van der Waals surface area contributed by atoms with Crippen molar-refractivity contribution in [3.05, 3.63) is 11.8 Å². The van der Waals surface area contributed by atoms with Crippen molar-refractivity contribution in [2.45, 2.75) is 13.3 Å². The third-order valence-corrected chi connectivity index (χ3v) is 1.14. The van der Waals surface area contributed by atoms with Crippen LogP contribution in [-0.2, 0) is 0 Å². The number of hydrogen-bond acceptors (Lipinski definition) is 2. The molecule has 2 nitrogen and oxygen atoms in total. The third-order valence-electron chi connectivity index (χ3n) is 1.14. The van der Waals surface area contributed by atoms with Gasteiger partial charge in [0.1, 0.15) is 0 Å². The number of rotatable bonds is 0. The van der Waals surface area contributed by atoms with E-state index in [4.69, 9.17) is 0 Å². The zero-order valence-corrected chi connectivity index (χ0v) is 5.50. The Labute approximate surface area is 53.7 Å². The van der Waals surface area contributed by atoms with E-state index < -0.39 is 6.42 Å². The van der Waals surface area contributed by atoms with Crippen LogP contribution in [0.5, 0.6) is 0 Å². The van der Waals surface area contributed by atoms with E-state index in [0.717, 1.165) is 5.57 Å². The highest BCUT2D eigenvalue weighted by atomic mass is 19.1. The largest absolute Gasteiger partial charge is 0.333 e. The van der Waals surface area contributed by atoms with E-state index in [1.165, 1.54) is 11.1 Å². The maximum Gasteiger partial charge on any atom is 0.266 e. The van der Waals surface area contributed by atoms with Gasteiger partial charge >= 0.3 is 0 Å². The van der Waals surface area contributed by atoms with Crippen molar-refractivity contribution in [1.82, 2.24) is 4.90 Å². The molecule has 1 unspecified atom stereocenters. The summed E-state index contributed by atoms with van der Waals surface area (Å²) in [6.45, 7) is 1.88. The molecular weight excluding hydrogens is 119 g/mol. The Morgan fingerprint density at radius 1 is 1.78 bits per heavy atom. The summed E-state index contributed by atoms with van der Waals surface area (Å²) in [5.41, 5.74) is 0.978. The fourth-order valence-electron chi connectivity index (χ4n) is 0.700. The van der Waals surface area contributed by atoms with Crippen LogP contribution >= 0.6 is 0 Å². The average Bonchev–Trinajstić information content (AvgIpc) is 1.80. The number of aliphatic imine (C=N–C) groups is 1. The maximum absolute atomic E-state index is 12.4. The lowest BCUT2D eigenvalue weighted by molar-refractivity contribution is 0.166. The van der Waals surface area contributed by atoms with Crippen LogP contribution in [0, 0.1) is 0 Å². The van der Waals surface area contributed by atoms with E-state index in [1.54, 1.807) is 13.2 Å². The molecule has 0 saturated heterocycles. The van der Waals surface area contributed by atoms with Gasteiger partial charge in [0.2, 0.25) is 0 Å². The molecule has 0 bridgehead atoms. The molecule has 9 heavy (non-hydrogen) atoms. The van der Waals surface area contributed by atoms with E-state index in [1.807, 2.05) is 6.92 Å². The summed E-state index contributed by atoms with van der Waals surface area (Å²) in [5, 5.41) is 0. The summed E-state index contributed by atoms with van der Waals surface area (Å²) in [7, 11) is 1.66. The van der Waals surface area contributed by atoms with Crippen LogP contribution in [0.3, 0.4) is 0 Å². The Bertz CT molecular complexity index is 162. The molecule has 0 saturated carbocycles. The normalized spacial score (nSPS) is 26.3. The molecule has 1 rings (SSSR count). The third kappa shape index (κ3) is 1.28. The monoisotopic (exact) mass is 128 g/mol. The highest BCUT2D eigenvalue weighted by Gasteiger charge is 2.09. The van der Waals surface area contributed by atoms with Crippen LogP contribution in [0.25, 0.3) is 0 Å². The van der Waals surface area contributed by atoms with Gasteiger partial charge < -0.3 is 4.90 Å².